The third-order valence-electron chi connectivity index (χ3n) is 2.42. The molecule has 0 fully saturated rings. The van der Waals surface area contributed by atoms with Crippen LogP contribution in [0.15, 0.2) is 29.2 Å². The van der Waals surface area contributed by atoms with Crippen molar-refractivity contribution in [3.63, 3.8) is 0 Å². The highest BCUT2D eigenvalue weighted by Gasteiger charge is 2.05. The summed E-state index contributed by atoms with van der Waals surface area (Å²) in [4.78, 5) is 0.852. The van der Waals surface area contributed by atoms with Crippen LogP contribution < -0.4 is 5.32 Å². The maximum Gasteiger partial charge on any atom is 0.0663 e. The third kappa shape index (κ3) is 3.94. The highest BCUT2D eigenvalue weighted by Crippen LogP contribution is 2.13. The van der Waals surface area contributed by atoms with Gasteiger partial charge in [0.1, 0.15) is 0 Å². The lowest BCUT2D eigenvalue weighted by molar-refractivity contribution is 0.184. The number of benzene rings is 1. The Morgan fingerprint density at radius 2 is 2.00 bits per heavy atom. The third-order valence-corrected chi connectivity index (χ3v) is 3.35. The number of anilines is 1. The van der Waals surface area contributed by atoms with Crippen molar-refractivity contribution in [3.05, 3.63) is 24.3 Å². The molecule has 0 saturated heterocycles. The van der Waals surface area contributed by atoms with Gasteiger partial charge in [0.15, 0.2) is 0 Å². The van der Waals surface area contributed by atoms with E-state index in [1.54, 1.807) is 13.4 Å². The van der Waals surface area contributed by atoms with E-state index in [-0.39, 0.29) is 0 Å². The van der Waals surface area contributed by atoms with E-state index in [1.807, 2.05) is 24.3 Å². The molecule has 4 heteroatoms. The molecule has 0 aliphatic carbocycles. The fourth-order valence-corrected chi connectivity index (χ4v) is 1.96. The van der Waals surface area contributed by atoms with Crippen LogP contribution in [0.5, 0.6) is 0 Å². The van der Waals surface area contributed by atoms with E-state index in [0.717, 1.165) is 17.0 Å². The molecule has 1 aromatic rings. The molecule has 0 radical (unpaired) electrons. The summed E-state index contributed by atoms with van der Waals surface area (Å²) in [5, 5.41) is 3.37. The number of nitrogens with one attached hydrogen (secondary N) is 1. The molecule has 1 N–H and O–H groups in total. The maximum atomic E-state index is 11.2. The Hall–Kier alpha value is -0.870. The van der Waals surface area contributed by atoms with Crippen molar-refractivity contribution in [1.29, 1.82) is 0 Å². The monoisotopic (exact) mass is 241 g/mol. The lowest BCUT2D eigenvalue weighted by Crippen LogP contribution is -2.23. The fraction of sp³-hybridized carbons (Fsp3) is 0.500. The van der Waals surface area contributed by atoms with Gasteiger partial charge in [-0.05, 0) is 30.7 Å². The van der Waals surface area contributed by atoms with E-state index >= 15 is 0 Å². The molecule has 1 rings (SSSR count). The standard InChI is InChI=1S/C12H19NO2S/c1-4-10(9-15-2)13-11-5-7-12(8-6-11)16(3)14/h5-8,10,13H,4,9H2,1-3H3/t10-,16+/m0/s1. The minimum Gasteiger partial charge on any atom is -0.383 e. The van der Waals surface area contributed by atoms with E-state index in [9.17, 15) is 4.21 Å². The summed E-state index contributed by atoms with van der Waals surface area (Å²) in [6, 6.07) is 8.00. The van der Waals surface area contributed by atoms with Crippen LogP contribution in [-0.4, -0.2) is 30.2 Å². The van der Waals surface area contributed by atoms with Crippen molar-refractivity contribution in [2.45, 2.75) is 24.3 Å². The smallest absolute Gasteiger partial charge is 0.0663 e. The van der Waals surface area contributed by atoms with Crippen molar-refractivity contribution in [1.82, 2.24) is 0 Å². The van der Waals surface area contributed by atoms with Crippen LogP contribution in [0, 0.1) is 0 Å². The second-order valence-electron chi connectivity index (χ2n) is 3.68. The van der Waals surface area contributed by atoms with Gasteiger partial charge < -0.3 is 10.1 Å². The van der Waals surface area contributed by atoms with Gasteiger partial charge in [-0.3, -0.25) is 4.21 Å². The predicted octanol–water partition coefficient (Wildman–Crippen LogP) is 2.26. The van der Waals surface area contributed by atoms with Gasteiger partial charge >= 0.3 is 0 Å². The van der Waals surface area contributed by atoms with Crippen molar-refractivity contribution in [2.75, 3.05) is 25.3 Å². The fourth-order valence-electron chi connectivity index (χ4n) is 1.44. The van der Waals surface area contributed by atoms with Gasteiger partial charge in [0.25, 0.3) is 0 Å². The molecule has 0 heterocycles. The van der Waals surface area contributed by atoms with Gasteiger partial charge in [-0.15, -0.1) is 0 Å². The molecular formula is C12H19NO2S. The molecule has 0 aliphatic heterocycles. The first kappa shape index (κ1) is 13.2. The SMILES string of the molecule is CC[C@@H](COC)Nc1ccc([S@@](C)=O)cc1. The zero-order valence-electron chi connectivity index (χ0n) is 10.0. The molecule has 2 atom stereocenters. The molecular weight excluding hydrogens is 222 g/mol. The Bertz CT molecular complexity index is 337. The van der Waals surface area contributed by atoms with Crippen LogP contribution >= 0.6 is 0 Å². The van der Waals surface area contributed by atoms with Crippen molar-refractivity contribution >= 4 is 16.5 Å². The topological polar surface area (TPSA) is 38.3 Å². The molecule has 0 amide bonds. The minimum atomic E-state index is -0.908. The number of hydrogen-bond acceptors (Lipinski definition) is 3. The van der Waals surface area contributed by atoms with E-state index in [2.05, 4.69) is 12.2 Å². The predicted molar refractivity (Wildman–Crippen MR) is 68.4 cm³/mol. The van der Waals surface area contributed by atoms with Gasteiger partial charge in [0.2, 0.25) is 0 Å². The lowest BCUT2D eigenvalue weighted by atomic mass is 10.2. The van der Waals surface area contributed by atoms with Gasteiger partial charge in [-0.1, -0.05) is 6.92 Å². The summed E-state index contributed by atoms with van der Waals surface area (Å²) < 4.78 is 16.3. The van der Waals surface area contributed by atoms with Crippen LogP contribution in [0.4, 0.5) is 5.69 Å². The second-order valence-corrected chi connectivity index (χ2v) is 5.06. The molecule has 0 saturated carbocycles. The summed E-state index contributed by atoms with van der Waals surface area (Å²) in [5.74, 6) is 0. The van der Waals surface area contributed by atoms with E-state index in [0.29, 0.717) is 12.6 Å². The molecule has 0 unspecified atom stereocenters. The molecule has 16 heavy (non-hydrogen) atoms. The quantitative estimate of drug-likeness (QED) is 0.830. The molecule has 90 valence electrons. The van der Waals surface area contributed by atoms with Crippen molar-refractivity contribution in [3.8, 4) is 0 Å². The van der Waals surface area contributed by atoms with Crippen LogP contribution in [0.1, 0.15) is 13.3 Å². The largest absolute Gasteiger partial charge is 0.383 e. The molecule has 0 bridgehead atoms. The molecule has 3 nitrogen and oxygen atoms in total. The van der Waals surface area contributed by atoms with E-state index in [1.165, 1.54) is 0 Å². The minimum absolute atomic E-state index is 0.322. The van der Waals surface area contributed by atoms with Crippen LogP contribution in [0.2, 0.25) is 0 Å². The Morgan fingerprint density at radius 3 is 2.44 bits per heavy atom. The van der Waals surface area contributed by atoms with Gasteiger partial charge in [-0.25, -0.2) is 0 Å². The number of rotatable bonds is 6. The first-order chi connectivity index (χ1) is 7.67. The van der Waals surface area contributed by atoms with Gasteiger partial charge in [0, 0.05) is 40.8 Å². The van der Waals surface area contributed by atoms with Crippen molar-refractivity contribution < 1.29 is 8.95 Å². The Labute approximate surface area is 99.7 Å². The second kappa shape index (κ2) is 6.66. The molecule has 0 aromatic heterocycles. The average molecular weight is 241 g/mol. The number of methoxy groups -OCH3 is 1. The summed E-state index contributed by atoms with van der Waals surface area (Å²) >= 11 is 0. The van der Waals surface area contributed by atoms with Crippen LogP contribution in [0.3, 0.4) is 0 Å². The van der Waals surface area contributed by atoms with E-state index in [4.69, 9.17) is 4.74 Å². The summed E-state index contributed by atoms with van der Waals surface area (Å²) in [6.07, 6.45) is 2.69. The molecule has 0 aliphatic rings. The van der Waals surface area contributed by atoms with Gasteiger partial charge in [-0.2, -0.15) is 0 Å². The zero-order valence-corrected chi connectivity index (χ0v) is 10.8. The summed E-state index contributed by atoms with van der Waals surface area (Å²) in [6.45, 7) is 2.81. The first-order valence-electron chi connectivity index (χ1n) is 5.36. The van der Waals surface area contributed by atoms with Crippen LogP contribution in [0.25, 0.3) is 0 Å². The van der Waals surface area contributed by atoms with E-state index < -0.39 is 10.8 Å². The highest BCUT2D eigenvalue weighted by molar-refractivity contribution is 7.84. The average Bonchev–Trinajstić information content (AvgIpc) is 2.29. The molecule has 0 spiro atoms. The lowest BCUT2D eigenvalue weighted by Gasteiger charge is -2.17. The summed E-state index contributed by atoms with van der Waals surface area (Å²) in [5.41, 5.74) is 1.04. The number of hydrogen-bond donors (Lipinski definition) is 1. The highest BCUT2D eigenvalue weighted by atomic mass is 32.2. The number of ether oxygens (including phenoxy) is 1. The zero-order chi connectivity index (χ0) is 12.0. The van der Waals surface area contributed by atoms with Crippen LogP contribution in [-0.2, 0) is 15.5 Å². The Morgan fingerprint density at radius 1 is 1.38 bits per heavy atom. The van der Waals surface area contributed by atoms with Crippen molar-refractivity contribution in [2.24, 2.45) is 0 Å². The maximum absolute atomic E-state index is 11.2. The normalized spacial score (nSPS) is 14.4. The summed E-state index contributed by atoms with van der Waals surface area (Å²) in [7, 11) is 0.794. The van der Waals surface area contributed by atoms with Gasteiger partial charge in [0.05, 0.1) is 6.61 Å². The first-order valence-corrected chi connectivity index (χ1v) is 6.92. The Balaban J connectivity index is 2.63. The Kier molecular flexibility index (Phi) is 5.49. The molecule has 1 aromatic carbocycles.